The topological polar surface area (TPSA) is 72.5 Å². The molecule has 0 saturated heterocycles. The van der Waals surface area contributed by atoms with Crippen molar-refractivity contribution < 1.29 is 18.7 Å². The fraction of sp³-hybridized carbons (Fsp3) is 0.143. The number of carbonyl (C=O) groups excluding carboxylic acids is 1. The first-order chi connectivity index (χ1) is 13.6. The molecule has 0 saturated carbocycles. The van der Waals surface area contributed by atoms with Crippen molar-refractivity contribution in [2.75, 3.05) is 24.9 Å². The highest BCUT2D eigenvalue weighted by Gasteiger charge is 2.10. The number of nitrogens with zero attached hydrogens (tertiary/aromatic N) is 1. The van der Waals surface area contributed by atoms with Crippen LogP contribution in [0.15, 0.2) is 60.8 Å². The summed E-state index contributed by atoms with van der Waals surface area (Å²) in [6.07, 6.45) is 1.53. The number of nitrogens with one attached hydrogen (secondary N) is 2. The summed E-state index contributed by atoms with van der Waals surface area (Å²) in [6, 6.07) is 14.9. The van der Waals surface area contributed by atoms with Gasteiger partial charge in [-0.25, -0.2) is 9.37 Å². The van der Waals surface area contributed by atoms with E-state index in [0.717, 1.165) is 0 Å². The average molecular weight is 381 g/mol. The van der Waals surface area contributed by atoms with Crippen LogP contribution in [-0.4, -0.2) is 25.1 Å². The Hall–Kier alpha value is -3.61. The second-order valence-electron chi connectivity index (χ2n) is 5.93. The number of carbonyl (C=O) groups is 1. The predicted octanol–water partition coefficient (Wildman–Crippen LogP) is 4.10. The highest BCUT2D eigenvalue weighted by Crippen LogP contribution is 2.23. The molecular formula is C21H20FN3O3. The van der Waals surface area contributed by atoms with Crippen molar-refractivity contribution in [1.82, 2.24) is 4.98 Å². The molecule has 0 aliphatic carbocycles. The number of methoxy groups -OCH3 is 2. The Bertz CT molecular complexity index is 939. The van der Waals surface area contributed by atoms with Gasteiger partial charge in [0.25, 0.3) is 5.91 Å². The minimum atomic E-state index is -0.314. The van der Waals surface area contributed by atoms with Crippen LogP contribution in [0.4, 0.5) is 15.9 Å². The van der Waals surface area contributed by atoms with Gasteiger partial charge < -0.3 is 20.1 Å². The Morgan fingerprint density at radius 2 is 1.75 bits per heavy atom. The highest BCUT2D eigenvalue weighted by atomic mass is 19.1. The van der Waals surface area contributed by atoms with E-state index in [-0.39, 0.29) is 11.7 Å². The van der Waals surface area contributed by atoms with Crippen LogP contribution >= 0.6 is 0 Å². The number of amides is 1. The molecule has 1 heterocycles. The van der Waals surface area contributed by atoms with E-state index in [1.54, 1.807) is 48.5 Å². The van der Waals surface area contributed by atoms with Gasteiger partial charge in [0, 0.05) is 23.7 Å². The smallest absolute Gasteiger partial charge is 0.255 e. The van der Waals surface area contributed by atoms with Crippen molar-refractivity contribution in [2.45, 2.75) is 6.54 Å². The van der Waals surface area contributed by atoms with Crippen LogP contribution in [0, 0.1) is 5.82 Å². The van der Waals surface area contributed by atoms with Crippen molar-refractivity contribution in [3.05, 3.63) is 77.7 Å². The number of pyridine rings is 1. The molecule has 0 unspecified atom stereocenters. The van der Waals surface area contributed by atoms with Crippen LogP contribution in [0.25, 0.3) is 0 Å². The highest BCUT2D eigenvalue weighted by molar-refractivity contribution is 6.04. The monoisotopic (exact) mass is 381 g/mol. The van der Waals surface area contributed by atoms with Crippen LogP contribution in [-0.2, 0) is 6.54 Å². The van der Waals surface area contributed by atoms with Crippen molar-refractivity contribution >= 4 is 17.4 Å². The van der Waals surface area contributed by atoms with Gasteiger partial charge in [-0.15, -0.1) is 0 Å². The molecule has 1 aromatic heterocycles. The summed E-state index contributed by atoms with van der Waals surface area (Å²) < 4.78 is 24.0. The fourth-order valence-corrected chi connectivity index (χ4v) is 2.54. The van der Waals surface area contributed by atoms with Crippen molar-refractivity contribution in [3.63, 3.8) is 0 Å². The zero-order chi connectivity index (χ0) is 19.9. The Balaban J connectivity index is 1.64. The van der Waals surface area contributed by atoms with Crippen molar-refractivity contribution in [1.29, 1.82) is 0 Å². The van der Waals surface area contributed by atoms with E-state index in [4.69, 9.17) is 9.47 Å². The van der Waals surface area contributed by atoms with Crippen LogP contribution in [0.2, 0.25) is 0 Å². The summed E-state index contributed by atoms with van der Waals surface area (Å²) in [5.74, 6) is 1.04. The van der Waals surface area contributed by atoms with Crippen LogP contribution in [0.5, 0.6) is 11.5 Å². The first kappa shape index (κ1) is 19.2. The molecule has 0 aliphatic rings. The quantitative estimate of drug-likeness (QED) is 0.645. The van der Waals surface area contributed by atoms with E-state index in [0.29, 0.717) is 40.7 Å². The first-order valence-corrected chi connectivity index (χ1v) is 8.57. The zero-order valence-corrected chi connectivity index (χ0v) is 15.5. The number of anilines is 2. The average Bonchev–Trinajstić information content (AvgIpc) is 2.73. The molecule has 0 aliphatic heterocycles. The zero-order valence-electron chi connectivity index (χ0n) is 15.5. The summed E-state index contributed by atoms with van der Waals surface area (Å²) in [5.41, 5.74) is 1.48. The number of aromatic nitrogens is 1. The number of hydrogen-bond acceptors (Lipinski definition) is 5. The molecule has 3 rings (SSSR count). The standard InChI is InChI=1S/C21H20FN3O3/c1-27-17-9-15(10-18(11-17)28-2)21(26)25-16-7-8-20(24-13-16)23-12-14-5-3-4-6-19(14)22/h3-11,13H,12H2,1-2H3,(H,23,24)(H,25,26). The van der Waals surface area contributed by atoms with Crippen LogP contribution in [0.1, 0.15) is 15.9 Å². The molecule has 0 bridgehead atoms. The van der Waals surface area contributed by atoms with Gasteiger partial charge in [-0.3, -0.25) is 4.79 Å². The Morgan fingerprint density at radius 1 is 1.04 bits per heavy atom. The van der Waals surface area contributed by atoms with Gasteiger partial charge in [-0.2, -0.15) is 0 Å². The molecule has 6 nitrogen and oxygen atoms in total. The molecule has 0 fully saturated rings. The molecule has 3 aromatic rings. The number of hydrogen-bond donors (Lipinski definition) is 2. The summed E-state index contributed by atoms with van der Waals surface area (Å²) in [5, 5.41) is 5.82. The first-order valence-electron chi connectivity index (χ1n) is 8.57. The molecule has 144 valence electrons. The van der Waals surface area contributed by atoms with Crippen molar-refractivity contribution in [3.8, 4) is 11.5 Å². The summed E-state index contributed by atoms with van der Waals surface area (Å²) in [7, 11) is 3.04. The number of rotatable bonds is 7. The lowest BCUT2D eigenvalue weighted by molar-refractivity contribution is 0.102. The summed E-state index contributed by atoms with van der Waals surface area (Å²) >= 11 is 0. The third kappa shape index (κ3) is 4.76. The molecular weight excluding hydrogens is 361 g/mol. The van der Waals surface area contributed by atoms with Crippen molar-refractivity contribution in [2.24, 2.45) is 0 Å². The van der Waals surface area contributed by atoms with E-state index in [1.165, 1.54) is 26.5 Å². The lowest BCUT2D eigenvalue weighted by Gasteiger charge is -2.10. The van der Waals surface area contributed by atoms with Gasteiger partial charge in [0.2, 0.25) is 0 Å². The van der Waals surface area contributed by atoms with E-state index in [2.05, 4.69) is 15.6 Å². The number of halogens is 1. The van der Waals surface area contributed by atoms with Gasteiger partial charge in [-0.05, 0) is 30.3 Å². The van der Waals surface area contributed by atoms with E-state index >= 15 is 0 Å². The second kappa shape index (κ2) is 8.85. The van der Waals surface area contributed by atoms with Gasteiger partial charge in [0.1, 0.15) is 23.1 Å². The lowest BCUT2D eigenvalue weighted by atomic mass is 10.2. The molecule has 0 atom stereocenters. The van der Waals surface area contributed by atoms with Gasteiger partial charge in [0.05, 0.1) is 26.1 Å². The van der Waals surface area contributed by atoms with Gasteiger partial charge in [-0.1, -0.05) is 18.2 Å². The molecule has 7 heteroatoms. The molecule has 28 heavy (non-hydrogen) atoms. The normalized spacial score (nSPS) is 10.2. The number of ether oxygens (including phenoxy) is 2. The third-order valence-electron chi connectivity index (χ3n) is 4.05. The SMILES string of the molecule is COc1cc(OC)cc(C(=O)Nc2ccc(NCc3ccccc3F)nc2)c1. The second-order valence-corrected chi connectivity index (χ2v) is 5.93. The molecule has 1 amide bonds. The summed E-state index contributed by atoms with van der Waals surface area (Å²) in [6.45, 7) is 0.314. The molecule has 2 aromatic carbocycles. The predicted molar refractivity (Wildman–Crippen MR) is 105 cm³/mol. The maximum Gasteiger partial charge on any atom is 0.255 e. The number of benzene rings is 2. The fourth-order valence-electron chi connectivity index (χ4n) is 2.54. The third-order valence-corrected chi connectivity index (χ3v) is 4.05. The maximum absolute atomic E-state index is 13.6. The van der Waals surface area contributed by atoms with E-state index < -0.39 is 0 Å². The van der Waals surface area contributed by atoms with Gasteiger partial charge >= 0.3 is 0 Å². The summed E-state index contributed by atoms with van der Waals surface area (Å²) in [4.78, 5) is 16.7. The Labute approximate surface area is 162 Å². The van der Waals surface area contributed by atoms with E-state index in [9.17, 15) is 9.18 Å². The van der Waals surface area contributed by atoms with E-state index in [1.807, 2.05) is 0 Å². The molecule has 0 radical (unpaired) electrons. The Kier molecular flexibility index (Phi) is 6.06. The van der Waals surface area contributed by atoms with Crippen LogP contribution in [0.3, 0.4) is 0 Å². The van der Waals surface area contributed by atoms with Gasteiger partial charge in [0.15, 0.2) is 0 Å². The minimum Gasteiger partial charge on any atom is -0.497 e. The molecule has 2 N–H and O–H groups in total. The van der Waals surface area contributed by atoms with Crippen LogP contribution < -0.4 is 20.1 Å². The largest absolute Gasteiger partial charge is 0.497 e. The molecule has 0 spiro atoms. The lowest BCUT2D eigenvalue weighted by Crippen LogP contribution is -2.12. The Morgan fingerprint density at radius 3 is 2.36 bits per heavy atom. The maximum atomic E-state index is 13.6. The minimum absolute atomic E-state index is 0.271.